The van der Waals surface area contributed by atoms with Crippen LogP contribution in [0.4, 0.5) is 0 Å². The Morgan fingerprint density at radius 2 is 1.67 bits per heavy atom. The molecule has 0 aromatic heterocycles. The largest absolute Gasteiger partial charge is 0.496 e. The van der Waals surface area contributed by atoms with Crippen LogP contribution in [-0.2, 0) is 4.79 Å². The van der Waals surface area contributed by atoms with Gasteiger partial charge in [-0.1, -0.05) is 61.0 Å². The van der Waals surface area contributed by atoms with Gasteiger partial charge in [0.15, 0.2) is 0 Å². The maximum Gasteiger partial charge on any atom is 0.254 e. The third-order valence-corrected chi connectivity index (χ3v) is 6.69. The van der Waals surface area contributed by atoms with Crippen LogP contribution in [0.3, 0.4) is 0 Å². The maximum absolute atomic E-state index is 13.3. The Bertz CT molecular complexity index is 1130. The molecule has 1 fully saturated rings. The van der Waals surface area contributed by atoms with Gasteiger partial charge < -0.3 is 15.0 Å². The summed E-state index contributed by atoms with van der Waals surface area (Å²) in [5.74, 6) is 0.793. The molecule has 1 atom stereocenters. The molecule has 1 aliphatic heterocycles. The summed E-state index contributed by atoms with van der Waals surface area (Å²) in [6, 6.07) is 19.9. The minimum Gasteiger partial charge on any atom is -0.496 e. The molecule has 0 aliphatic carbocycles. The summed E-state index contributed by atoms with van der Waals surface area (Å²) in [4.78, 5) is 28.2. The highest BCUT2D eigenvalue weighted by atomic mass is 16.5. The molecule has 3 aromatic carbocycles. The van der Waals surface area contributed by atoms with Gasteiger partial charge in [-0.05, 0) is 49.3 Å². The maximum atomic E-state index is 13.3. The van der Waals surface area contributed by atoms with Crippen molar-refractivity contribution in [3.05, 3.63) is 77.4 Å². The number of methoxy groups -OCH3 is 1. The molecule has 1 heterocycles. The van der Waals surface area contributed by atoms with Gasteiger partial charge in [0, 0.05) is 30.0 Å². The molecule has 33 heavy (non-hydrogen) atoms. The normalized spacial score (nSPS) is 15.3. The Labute approximate surface area is 195 Å². The number of hydrogen-bond donors (Lipinski definition) is 1. The average molecular weight is 445 g/mol. The van der Waals surface area contributed by atoms with Gasteiger partial charge in [0.25, 0.3) is 5.91 Å². The van der Waals surface area contributed by atoms with Crippen LogP contribution >= 0.6 is 0 Å². The second-order valence-corrected chi connectivity index (χ2v) is 8.81. The first-order chi connectivity index (χ1) is 16.0. The molecule has 4 rings (SSSR count). The highest BCUT2D eigenvalue weighted by molar-refractivity contribution is 6.08. The Kier molecular flexibility index (Phi) is 6.97. The molecule has 3 aromatic rings. The van der Waals surface area contributed by atoms with Crippen molar-refractivity contribution in [1.29, 1.82) is 0 Å². The molecule has 0 radical (unpaired) electrons. The van der Waals surface area contributed by atoms with E-state index in [9.17, 15) is 9.59 Å². The average Bonchev–Trinajstić information content (AvgIpc) is 2.86. The van der Waals surface area contributed by atoms with E-state index >= 15 is 0 Å². The Morgan fingerprint density at radius 1 is 1.00 bits per heavy atom. The van der Waals surface area contributed by atoms with Crippen molar-refractivity contribution in [2.75, 3.05) is 20.2 Å². The third kappa shape index (κ3) is 4.87. The Morgan fingerprint density at radius 3 is 2.30 bits per heavy atom. The molecular weight excluding hydrogens is 412 g/mol. The summed E-state index contributed by atoms with van der Waals surface area (Å²) < 4.78 is 5.46. The van der Waals surface area contributed by atoms with Gasteiger partial charge in [-0.15, -0.1) is 0 Å². The number of piperidine rings is 1. The van der Waals surface area contributed by atoms with E-state index in [-0.39, 0.29) is 23.8 Å². The van der Waals surface area contributed by atoms with E-state index in [1.807, 2.05) is 41.3 Å². The first-order valence-electron chi connectivity index (χ1n) is 11.7. The number of nitrogens with one attached hydrogen (secondary N) is 1. The van der Waals surface area contributed by atoms with Crippen molar-refractivity contribution in [1.82, 2.24) is 10.2 Å². The fourth-order valence-corrected chi connectivity index (χ4v) is 4.66. The Hall–Kier alpha value is -3.34. The molecule has 5 heteroatoms. The van der Waals surface area contributed by atoms with Crippen molar-refractivity contribution in [3.63, 3.8) is 0 Å². The molecule has 1 aliphatic rings. The van der Waals surface area contributed by atoms with Crippen LogP contribution in [-0.4, -0.2) is 36.9 Å². The molecule has 1 saturated heterocycles. The number of carbonyl (C=O) groups is 2. The molecule has 5 nitrogen and oxygen atoms in total. The van der Waals surface area contributed by atoms with Crippen LogP contribution in [0.1, 0.15) is 53.7 Å². The highest BCUT2D eigenvalue weighted by Gasteiger charge is 2.29. The van der Waals surface area contributed by atoms with Crippen molar-refractivity contribution in [2.45, 2.75) is 39.2 Å². The first-order valence-corrected chi connectivity index (χ1v) is 11.7. The van der Waals surface area contributed by atoms with E-state index in [0.29, 0.717) is 31.5 Å². The first kappa shape index (κ1) is 22.8. The molecule has 0 spiro atoms. The van der Waals surface area contributed by atoms with Crippen LogP contribution in [0.15, 0.2) is 60.7 Å². The van der Waals surface area contributed by atoms with Crippen molar-refractivity contribution in [2.24, 2.45) is 5.92 Å². The van der Waals surface area contributed by atoms with E-state index in [4.69, 9.17) is 4.74 Å². The van der Waals surface area contributed by atoms with E-state index in [1.165, 1.54) is 5.56 Å². The van der Waals surface area contributed by atoms with Gasteiger partial charge in [-0.25, -0.2) is 0 Å². The predicted octanol–water partition coefficient (Wildman–Crippen LogP) is 5.28. The van der Waals surface area contributed by atoms with E-state index in [1.54, 1.807) is 7.11 Å². The number of benzene rings is 3. The second-order valence-electron chi connectivity index (χ2n) is 8.81. The standard InChI is InChI=1S/C28H32N2O3/c1-4-25(20-11-9-19(2)10-12-20)29-27(31)21-15-17-30(18-16-21)28(32)24-13-14-26(33-3)23-8-6-5-7-22(23)24/h5-14,21,25H,4,15-18H2,1-3H3,(H,29,31)/t25-/m1/s1. The van der Waals surface area contributed by atoms with Crippen molar-refractivity contribution >= 4 is 22.6 Å². The van der Waals surface area contributed by atoms with Gasteiger partial charge in [0.1, 0.15) is 5.75 Å². The number of hydrogen-bond acceptors (Lipinski definition) is 3. The number of ether oxygens (including phenoxy) is 1. The van der Waals surface area contributed by atoms with Crippen molar-refractivity contribution in [3.8, 4) is 5.75 Å². The zero-order chi connectivity index (χ0) is 23.4. The fourth-order valence-electron chi connectivity index (χ4n) is 4.66. The number of aryl methyl sites for hydroxylation is 1. The van der Waals surface area contributed by atoms with Crippen LogP contribution in [0.2, 0.25) is 0 Å². The third-order valence-electron chi connectivity index (χ3n) is 6.69. The monoisotopic (exact) mass is 444 g/mol. The molecule has 0 unspecified atom stereocenters. The molecule has 1 N–H and O–H groups in total. The second kappa shape index (κ2) is 10.1. The summed E-state index contributed by atoms with van der Waals surface area (Å²) in [5.41, 5.74) is 3.02. The van der Waals surface area contributed by atoms with Gasteiger partial charge in [0.05, 0.1) is 13.2 Å². The topological polar surface area (TPSA) is 58.6 Å². The van der Waals surface area contributed by atoms with E-state index in [0.717, 1.165) is 28.5 Å². The van der Waals surface area contributed by atoms with E-state index in [2.05, 4.69) is 43.4 Å². The molecule has 0 bridgehead atoms. The molecule has 172 valence electrons. The lowest BCUT2D eigenvalue weighted by Crippen LogP contribution is -2.43. The van der Waals surface area contributed by atoms with Crippen LogP contribution < -0.4 is 10.1 Å². The van der Waals surface area contributed by atoms with Gasteiger partial charge in [0.2, 0.25) is 5.91 Å². The summed E-state index contributed by atoms with van der Waals surface area (Å²) in [5, 5.41) is 5.05. The van der Waals surface area contributed by atoms with Crippen LogP contribution in [0.5, 0.6) is 5.75 Å². The minimum atomic E-state index is -0.0684. The van der Waals surface area contributed by atoms with Crippen LogP contribution in [0, 0.1) is 12.8 Å². The lowest BCUT2D eigenvalue weighted by atomic mass is 9.93. The molecule has 0 saturated carbocycles. The zero-order valence-electron chi connectivity index (χ0n) is 19.6. The van der Waals surface area contributed by atoms with Gasteiger partial charge in [-0.3, -0.25) is 9.59 Å². The van der Waals surface area contributed by atoms with E-state index < -0.39 is 0 Å². The number of amides is 2. The quantitative estimate of drug-likeness (QED) is 0.563. The zero-order valence-corrected chi connectivity index (χ0v) is 19.6. The Balaban J connectivity index is 1.40. The summed E-state index contributed by atoms with van der Waals surface area (Å²) >= 11 is 0. The van der Waals surface area contributed by atoms with Crippen LogP contribution in [0.25, 0.3) is 10.8 Å². The summed E-state index contributed by atoms with van der Waals surface area (Å²) in [6.07, 6.45) is 2.20. The summed E-state index contributed by atoms with van der Waals surface area (Å²) in [6.45, 7) is 5.32. The molecule has 2 amide bonds. The number of likely N-dealkylation sites (tertiary alicyclic amines) is 1. The molecular formula is C28H32N2O3. The fraction of sp³-hybridized carbons (Fsp3) is 0.357. The SMILES string of the molecule is CC[C@@H](NC(=O)C1CCN(C(=O)c2ccc(OC)c3ccccc23)CC1)c1ccc(C)cc1. The van der Waals surface area contributed by atoms with Gasteiger partial charge >= 0.3 is 0 Å². The van der Waals surface area contributed by atoms with Gasteiger partial charge in [-0.2, -0.15) is 0 Å². The number of fused-ring (bicyclic) bond motifs is 1. The smallest absolute Gasteiger partial charge is 0.254 e. The lowest BCUT2D eigenvalue weighted by Gasteiger charge is -2.32. The minimum absolute atomic E-state index is 0.0128. The number of carbonyl (C=O) groups excluding carboxylic acids is 2. The predicted molar refractivity (Wildman–Crippen MR) is 131 cm³/mol. The summed E-state index contributed by atoms with van der Waals surface area (Å²) in [7, 11) is 1.64. The number of nitrogens with zero attached hydrogens (tertiary/aromatic N) is 1. The highest BCUT2D eigenvalue weighted by Crippen LogP contribution is 2.30. The van der Waals surface area contributed by atoms with Crippen molar-refractivity contribution < 1.29 is 14.3 Å². The number of rotatable bonds is 6. The lowest BCUT2D eigenvalue weighted by molar-refractivity contribution is -0.127.